The van der Waals surface area contributed by atoms with Gasteiger partial charge in [0.2, 0.25) is 5.13 Å². The lowest BCUT2D eigenvalue weighted by atomic mass is 9.79. The van der Waals surface area contributed by atoms with E-state index in [-0.39, 0.29) is 5.78 Å². The highest BCUT2D eigenvalue weighted by atomic mass is 32.1. The summed E-state index contributed by atoms with van der Waals surface area (Å²) in [7, 11) is 0. The fraction of sp³-hybridized carbons (Fsp3) is 0.200. The van der Waals surface area contributed by atoms with Crippen LogP contribution >= 0.6 is 23.6 Å². The fourth-order valence-corrected chi connectivity index (χ4v) is 4.55. The second-order valence-corrected chi connectivity index (χ2v) is 8.17. The number of anilines is 1. The van der Waals surface area contributed by atoms with Crippen LogP contribution in [0.5, 0.6) is 0 Å². The molecule has 140 valence electrons. The first-order chi connectivity index (χ1) is 13.6. The van der Waals surface area contributed by atoms with E-state index in [0.29, 0.717) is 38.9 Å². The minimum absolute atomic E-state index is 0.0494. The molecule has 2 heterocycles. The number of aromatic nitrogens is 2. The molecule has 1 aliphatic heterocycles. The lowest BCUT2D eigenvalue weighted by Crippen LogP contribution is -2.39. The summed E-state index contributed by atoms with van der Waals surface area (Å²) in [5.41, 5.74) is 9.20. The van der Waals surface area contributed by atoms with Gasteiger partial charge in [-0.3, -0.25) is 14.8 Å². The summed E-state index contributed by atoms with van der Waals surface area (Å²) in [6.07, 6.45) is 5.73. The maximum atomic E-state index is 12.9. The van der Waals surface area contributed by atoms with Gasteiger partial charge in [-0.1, -0.05) is 53.8 Å². The Morgan fingerprint density at radius 2 is 2.14 bits per heavy atom. The number of nitriles is 1. The van der Waals surface area contributed by atoms with E-state index >= 15 is 0 Å². The minimum Gasteiger partial charge on any atom is -0.384 e. The highest BCUT2D eigenvalue weighted by Crippen LogP contribution is 2.42. The molecule has 4 rings (SSSR count). The SMILES string of the molecule is N#CC1=C(N)N(c2n[nH]c(=S)s2)C2=C(C(=O)CCC2)C1/C=C/c1ccccc1. The van der Waals surface area contributed by atoms with Crippen molar-refractivity contribution in [2.45, 2.75) is 19.3 Å². The Kier molecular flexibility index (Phi) is 4.94. The van der Waals surface area contributed by atoms with E-state index in [0.717, 1.165) is 17.7 Å². The Labute approximate surface area is 171 Å². The number of nitrogens with one attached hydrogen (secondary N) is 1. The van der Waals surface area contributed by atoms with E-state index in [1.54, 1.807) is 4.90 Å². The van der Waals surface area contributed by atoms with Crippen LogP contribution in [0, 0.1) is 21.2 Å². The first-order valence-corrected chi connectivity index (χ1v) is 10.1. The molecule has 1 aromatic heterocycles. The van der Waals surface area contributed by atoms with Crippen molar-refractivity contribution < 1.29 is 4.79 Å². The molecule has 1 aromatic carbocycles. The molecule has 0 saturated carbocycles. The van der Waals surface area contributed by atoms with Crippen molar-refractivity contribution in [2.24, 2.45) is 11.7 Å². The summed E-state index contributed by atoms with van der Waals surface area (Å²) in [4.78, 5) is 14.6. The van der Waals surface area contributed by atoms with Gasteiger partial charge in [-0.2, -0.15) is 5.26 Å². The molecule has 3 N–H and O–H groups in total. The zero-order chi connectivity index (χ0) is 19.7. The maximum absolute atomic E-state index is 12.9. The standard InChI is InChI=1S/C20H17N5OS2/c21-11-14-13(10-9-12-5-2-1-3-6-12)17-15(7-4-8-16(17)26)25(18(14)22)19-23-24-20(27)28-19/h1-3,5-6,9-10,13H,4,7-8,22H2,(H,24,27)/b10-9+. The van der Waals surface area contributed by atoms with Crippen LogP contribution in [0.25, 0.3) is 6.08 Å². The maximum Gasteiger partial charge on any atom is 0.216 e. The molecular formula is C20H17N5OS2. The number of nitrogens with zero attached hydrogens (tertiary/aromatic N) is 3. The molecule has 8 heteroatoms. The molecule has 0 amide bonds. The van der Waals surface area contributed by atoms with Crippen LogP contribution < -0.4 is 10.6 Å². The van der Waals surface area contributed by atoms with Crippen molar-refractivity contribution in [3.8, 4) is 6.07 Å². The van der Waals surface area contributed by atoms with E-state index < -0.39 is 5.92 Å². The molecule has 0 spiro atoms. The number of hydrogen-bond donors (Lipinski definition) is 2. The lowest BCUT2D eigenvalue weighted by molar-refractivity contribution is -0.116. The van der Waals surface area contributed by atoms with Crippen molar-refractivity contribution in [1.29, 1.82) is 5.26 Å². The first kappa shape index (κ1) is 18.3. The van der Waals surface area contributed by atoms with Crippen LogP contribution in [0.15, 0.2) is 59.1 Å². The Balaban J connectivity index is 1.86. The van der Waals surface area contributed by atoms with Gasteiger partial charge in [0.25, 0.3) is 0 Å². The average molecular weight is 408 g/mol. The van der Waals surface area contributed by atoms with Gasteiger partial charge in [0, 0.05) is 23.6 Å². The minimum atomic E-state index is -0.462. The zero-order valence-corrected chi connectivity index (χ0v) is 16.5. The molecule has 6 nitrogen and oxygen atoms in total. The number of aromatic amines is 1. The van der Waals surface area contributed by atoms with Gasteiger partial charge in [0.05, 0.1) is 11.6 Å². The third kappa shape index (κ3) is 3.19. The third-order valence-electron chi connectivity index (χ3n) is 4.86. The van der Waals surface area contributed by atoms with Crippen LogP contribution in [0.2, 0.25) is 0 Å². The second-order valence-electron chi connectivity index (χ2n) is 6.53. The fourth-order valence-electron chi connectivity index (χ4n) is 3.63. The first-order valence-electron chi connectivity index (χ1n) is 8.85. The van der Waals surface area contributed by atoms with Gasteiger partial charge in [-0.15, -0.1) is 5.10 Å². The monoisotopic (exact) mass is 407 g/mol. The van der Waals surface area contributed by atoms with Crippen LogP contribution in [-0.2, 0) is 4.79 Å². The molecule has 0 fully saturated rings. The summed E-state index contributed by atoms with van der Waals surface area (Å²) in [6, 6.07) is 12.0. The number of carbonyl (C=O) groups is 1. The van der Waals surface area contributed by atoms with Crippen molar-refractivity contribution in [2.75, 3.05) is 4.90 Å². The number of allylic oxidation sites excluding steroid dienone is 4. The Hall–Kier alpha value is -3.02. The van der Waals surface area contributed by atoms with E-state index in [1.807, 2.05) is 42.5 Å². The smallest absolute Gasteiger partial charge is 0.216 e. The number of Topliss-reactive ketones (excluding diaryl/α,β-unsaturated/α-hetero) is 1. The predicted molar refractivity (Wildman–Crippen MR) is 111 cm³/mol. The number of carbonyl (C=O) groups excluding carboxylic acids is 1. The molecular weight excluding hydrogens is 390 g/mol. The van der Waals surface area contributed by atoms with Gasteiger partial charge < -0.3 is 5.73 Å². The van der Waals surface area contributed by atoms with E-state index in [2.05, 4.69) is 16.3 Å². The summed E-state index contributed by atoms with van der Waals surface area (Å²) in [5, 5.41) is 17.4. The van der Waals surface area contributed by atoms with Gasteiger partial charge in [0.15, 0.2) is 9.74 Å². The van der Waals surface area contributed by atoms with Crippen molar-refractivity contribution in [3.63, 3.8) is 0 Å². The van der Waals surface area contributed by atoms with E-state index in [9.17, 15) is 10.1 Å². The summed E-state index contributed by atoms with van der Waals surface area (Å²) in [6.45, 7) is 0. The second kappa shape index (κ2) is 7.54. The third-order valence-corrected chi connectivity index (χ3v) is 5.93. The molecule has 1 aliphatic carbocycles. The molecule has 2 aromatic rings. The number of rotatable bonds is 3. The molecule has 0 saturated heterocycles. The molecule has 28 heavy (non-hydrogen) atoms. The topological polar surface area (TPSA) is 98.8 Å². The zero-order valence-electron chi connectivity index (χ0n) is 14.9. The number of hydrogen-bond acceptors (Lipinski definition) is 7. The molecule has 0 radical (unpaired) electrons. The van der Waals surface area contributed by atoms with Crippen LogP contribution in [0.4, 0.5) is 5.13 Å². The summed E-state index contributed by atoms with van der Waals surface area (Å²) < 4.78 is 0.511. The van der Waals surface area contributed by atoms with Gasteiger partial charge in [-0.25, -0.2) is 0 Å². The average Bonchev–Trinajstić information content (AvgIpc) is 3.12. The molecule has 1 atom stereocenters. The molecule has 0 bridgehead atoms. The Morgan fingerprint density at radius 3 is 2.82 bits per heavy atom. The number of nitrogens with two attached hydrogens (primary N) is 1. The quantitative estimate of drug-likeness (QED) is 0.745. The Bertz CT molecular complexity index is 1120. The number of H-pyrrole nitrogens is 1. The number of ketones is 1. The normalized spacial score (nSPS) is 19.9. The largest absolute Gasteiger partial charge is 0.384 e. The van der Waals surface area contributed by atoms with Gasteiger partial charge in [-0.05, 0) is 30.6 Å². The number of benzene rings is 1. The van der Waals surface area contributed by atoms with Gasteiger partial charge in [0.1, 0.15) is 5.82 Å². The van der Waals surface area contributed by atoms with Crippen molar-refractivity contribution >= 4 is 40.5 Å². The van der Waals surface area contributed by atoms with Crippen LogP contribution in [0.1, 0.15) is 24.8 Å². The highest BCUT2D eigenvalue weighted by Gasteiger charge is 2.39. The predicted octanol–water partition coefficient (Wildman–Crippen LogP) is 4.05. The summed E-state index contributed by atoms with van der Waals surface area (Å²) >= 11 is 6.41. The van der Waals surface area contributed by atoms with Crippen molar-refractivity contribution in [1.82, 2.24) is 10.2 Å². The van der Waals surface area contributed by atoms with E-state index in [4.69, 9.17) is 18.0 Å². The van der Waals surface area contributed by atoms with Crippen LogP contribution in [0.3, 0.4) is 0 Å². The highest BCUT2D eigenvalue weighted by molar-refractivity contribution is 7.73. The summed E-state index contributed by atoms with van der Waals surface area (Å²) in [5.74, 6) is -0.110. The van der Waals surface area contributed by atoms with Crippen molar-refractivity contribution in [3.05, 3.63) is 68.6 Å². The molecule has 2 aliphatic rings. The Morgan fingerprint density at radius 1 is 1.36 bits per heavy atom. The van der Waals surface area contributed by atoms with Crippen LogP contribution in [-0.4, -0.2) is 16.0 Å². The molecule has 1 unspecified atom stereocenters. The van der Waals surface area contributed by atoms with Gasteiger partial charge >= 0.3 is 0 Å². The van der Waals surface area contributed by atoms with E-state index in [1.165, 1.54) is 11.3 Å². The lowest BCUT2D eigenvalue weighted by Gasteiger charge is -2.37.